The van der Waals surface area contributed by atoms with Crippen molar-refractivity contribution < 1.29 is 14.3 Å². The molecule has 90 valence electrons. The van der Waals surface area contributed by atoms with Gasteiger partial charge in [0.25, 0.3) is 0 Å². The standard InChI is InChI=1S/C13H20O3/c1-3-13(7-5-4-6-8-13)10-16-12(15)9-11(2)14/h3H,1,4-10H2,2H3. The minimum atomic E-state index is -0.417. The lowest BCUT2D eigenvalue weighted by atomic mass is 9.75. The summed E-state index contributed by atoms with van der Waals surface area (Å²) in [6.45, 7) is 5.61. The van der Waals surface area contributed by atoms with E-state index in [2.05, 4.69) is 6.58 Å². The van der Waals surface area contributed by atoms with Crippen LogP contribution in [-0.4, -0.2) is 18.4 Å². The molecule has 0 aromatic rings. The van der Waals surface area contributed by atoms with Gasteiger partial charge in [-0.2, -0.15) is 0 Å². The summed E-state index contributed by atoms with van der Waals surface area (Å²) in [6, 6.07) is 0. The average Bonchev–Trinajstić information content (AvgIpc) is 2.27. The Kier molecular flexibility index (Phi) is 4.71. The van der Waals surface area contributed by atoms with Crippen LogP contribution >= 0.6 is 0 Å². The number of carbonyl (C=O) groups is 2. The molecule has 0 unspecified atom stereocenters. The summed E-state index contributed by atoms with van der Waals surface area (Å²) < 4.78 is 5.16. The number of ether oxygens (including phenoxy) is 1. The van der Waals surface area contributed by atoms with Gasteiger partial charge in [0, 0.05) is 5.41 Å². The van der Waals surface area contributed by atoms with Gasteiger partial charge in [0.15, 0.2) is 0 Å². The van der Waals surface area contributed by atoms with Gasteiger partial charge >= 0.3 is 5.97 Å². The Bertz CT molecular complexity index is 275. The maximum Gasteiger partial charge on any atom is 0.313 e. The van der Waals surface area contributed by atoms with Crippen molar-refractivity contribution in [3.8, 4) is 0 Å². The average molecular weight is 224 g/mol. The van der Waals surface area contributed by atoms with E-state index in [9.17, 15) is 9.59 Å². The summed E-state index contributed by atoms with van der Waals surface area (Å²) >= 11 is 0. The van der Waals surface area contributed by atoms with Gasteiger partial charge in [0.05, 0.1) is 0 Å². The molecule has 0 aliphatic heterocycles. The third kappa shape index (κ3) is 3.80. The van der Waals surface area contributed by atoms with Gasteiger partial charge in [-0.25, -0.2) is 0 Å². The van der Waals surface area contributed by atoms with E-state index in [0.29, 0.717) is 6.61 Å². The molecule has 0 aromatic heterocycles. The third-order valence-corrected chi connectivity index (χ3v) is 3.20. The molecule has 0 saturated heterocycles. The van der Waals surface area contributed by atoms with E-state index in [1.54, 1.807) is 0 Å². The molecule has 1 aliphatic carbocycles. The molecule has 0 radical (unpaired) electrons. The smallest absolute Gasteiger partial charge is 0.313 e. The van der Waals surface area contributed by atoms with Crippen LogP contribution in [0, 0.1) is 5.41 Å². The lowest BCUT2D eigenvalue weighted by Gasteiger charge is -2.33. The zero-order valence-corrected chi connectivity index (χ0v) is 9.96. The third-order valence-electron chi connectivity index (χ3n) is 3.20. The molecule has 0 aromatic carbocycles. The number of esters is 1. The summed E-state index contributed by atoms with van der Waals surface area (Å²) in [5, 5.41) is 0. The predicted molar refractivity (Wildman–Crippen MR) is 62.0 cm³/mol. The van der Waals surface area contributed by atoms with E-state index in [1.165, 1.54) is 13.3 Å². The fourth-order valence-electron chi connectivity index (χ4n) is 2.14. The Labute approximate surface area is 96.9 Å². The first-order chi connectivity index (χ1) is 7.58. The molecule has 1 rings (SSSR count). The van der Waals surface area contributed by atoms with E-state index >= 15 is 0 Å². The van der Waals surface area contributed by atoms with Gasteiger partial charge in [0.1, 0.15) is 18.8 Å². The predicted octanol–water partition coefficient (Wildman–Crippen LogP) is 2.65. The van der Waals surface area contributed by atoms with Gasteiger partial charge < -0.3 is 4.74 Å². The zero-order chi connectivity index (χ0) is 12.0. The zero-order valence-electron chi connectivity index (χ0n) is 9.96. The van der Waals surface area contributed by atoms with E-state index < -0.39 is 5.97 Å². The first kappa shape index (κ1) is 12.9. The molecule has 1 saturated carbocycles. The Balaban J connectivity index is 2.41. The van der Waals surface area contributed by atoms with Crippen LogP contribution in [0.5, 0.6) is 0 Å². The largest absolute Gasteiger partial charge is 0.464 e. The quantitative estimate of drug-likeness (QED) is 0.409. The summed E-state index contributed by atoms with van der Waals surface area (Å²) in [4.78, 5) is 22.0. The van der Waals surface area contributed by atoms with E-state index in [1.807, 2.05) is 6.08 Å². The number of rotatable bonds is 5. The fraction of sp³-hybridized carbons (Fsp3) is 0.692. The SMILES string of the molecule is C=CC1(COC(=O)CC(C)=O)CCCCC1. The van der Waals surface area contributed by atoms with Gasteiger partial charge in [-0.05, 0) is 19.8 Å². The second kappa shape index (κ2) is 5.83. The molecule has 0 heterocycles. The molecule has 0 amide bonds. The van der Waals surface area contributed by atoms with Crippen LogP contribution in [-0.2, 0) is 14.3 Å². The lowest BCUT2D eigenvalue weighted by molar-refractivity contribution is -0.148. The molecule has 1 fully saturated rings. The van der Waals surface area contributed by atoms with Crippen LogP contribution in [0.3, 0.4) is 0 Å². The molecule has 0 atom stereocenters. The summed E-state index contributed by atoms with van der Waals surface area (Å²) in [5.74, 6) is -0.569. The molecule has 0 N–H and O–H groups in total. The topological polar surface area (TPSA) is 43.4 Å². The minimum absolute atomic E-state index is 0.0509. The maximum absolute atomic E-state index is 11.3. The number of hydrogen-bond acceptors (Lipinski definition) is 3. The number of hydrogen-bond donors (Lipinski definition) is 0. The van der Waals surface area contributed by atoms with Gasteiger partial charge in [0.2, 0.25) is 0 Å². The Morgan fingerprint density at radius 2 is 1.94 bits per heavy atom. The van der Waals surface area contributed by atoms with Crippen LogP contribution in [0.15, 0.2) is 12.7 Å². The van der Waals surface area contributed by atoms with Crippen molar-refractivity contribution in [2.24, 2.45) is 5.41 Å². The van der Waals surface area contributed by atoms with Gasteiger partial charge in [-0.1, -0.05) is 25.3 Å². The highest BCUT2D eigenvalue weighted by molar-refractivity contribution is 5.94. The van der Waals surface area contributed by atoms with Crippen molar-refractivity contribution in [2.75, 3.05) is 6.61 Å². The van der Waals surface area contributed by atoms with Crippen LogP contribution < -0.4 is 0 Å². The van der Waals surface area contributed by atoms with Crippen molar-refractivity contribution in [1.82, 2.24) is 0 Å². The Morgan fingerprint density at radius 3 is 2.44 bits per heavy atom. The first-order valence-corrected chi connectivity index (χ1v) is 5.87. The fourth-order valence-corrected chi connectivity index (χ4v) is 2.14. The molecule has 16 heavy (non-hydrogen) atoms. The van der Waals surface area contributed by atoms with Crippen molar-refractivity contribution in [3.63, 3.8) is 0 Å². The summed E-state index contributed by atoms with van der Waals surface area (Å²) in [5.41, 5.74) is -0.0509. The highest BCUT2D eigenvalue weighted by Crippen LogP contribution is 2.37. The van der Waals surface area contributed by atoms with Crippen LogP contribution in [0.1, 0.15) is 45.4 Å². The molecule has 3 heteroatoms. The normalized spacial score (nSPS) is 18.8. The second-order valence-corrected chi connectivity index (χ2v) is 4.67. The van der Waals surface area contributed by atoms with Crippen LogP contribution in [0.2, 0.25) is 0 Å². The van der Waals surface area contributed by atoms with E-state index in [4.69, 9.17) is 4.74 Å². The van der Waals surface area contributed by atoms with Crippen LogP contribution in [0.4, 0.5) is 0 Å². The number of ketones is 1. The van der Waals surface area contributed by atoms with Gasteiger partial charge in [-0.3, -0.25) is 9.59 Å². The highest BCUT2D eigenvalue weighted by atomic mass is 16.5. The highest BCUT2D eigenvalue weighted by Gasteiger charge is 2.30. The monoisotopic (exact) mass is 224 g/mol. The Hall–Kier alpha value is -1.12. The number of carbonyl (C=O) groups excluding carboxylic acids is 2. The lowest BCUT2D eigenvalue weighted by Crippen LogP contribution is -2.29. The van der Waals surface area contributed by atoms with Crippen molar-refractivity contribution >= 4 is 11.8 Å². The molecule has 1 aliphatic rings. The summed E-state index contributed by atoms with van der Waals surface area (Å²) in [6.07, 6.45) is 7.43. The molecular formula is C13H20O3. The van der Waals surface area contributed by atoms with E-state index in [0.717, 1.165) is 25.7 Å². The minimum Gasteiger partial charge on any atom is -0.464 e. The first-order valence-electron chi connectivity index (χ1n) is 5.87. The van der Waals surface area contributed by atoms with Gasteiger partial charge in [-0.15, -0.1) is 6.58 Å². The molecule has 3 nitrogen and oxygen atoms in total. The molecular weight excluding hydrogens is 204 g/mol. The van der Waals surface area contributed by atoms with Crippen molar-refractivity contribution in [3.05, 3.63) is 12.7 Å². The second-order valence-electron chi connectivity index (χ2n) is 4.67. The summed E-state index contributed by atoms with van der Waals surface area (Å²) in [7, 11) is 0. The van der Waals surface area contributed by atoms with Crippen LogP contribution in [0.25, 0.3) is 0 Å². The maximum atomic E-state index is 11.3. The molecule has 0 bridgehead atoms. The Morgan fingerprint density at radius 1 is 1.31 bits per heavy atom. The molecule has 0 spiro atoms. The van der Waals surface area contributed by atoms with E-state index in [-0.39, 0.29) is 17.6 Å². The number of Topliss-reactive ketones (excluding diaryl/α,β-unsaturated/α-hetero) is 1. The van der Waals surface area contributed by atoms with Crippen molar-refractivity contribution in [1.29, 1.82) is 0 Å². The van der Waals surface area contributed by atoms with Crippen molar-refractivity contribution in [2.45, 2.75) is 45.4 Å².